The van der Waals surface area contributed by atoms with Crippen molar-refractivity contribution in [3.63, 3.8) is 0 Å². The van der Waals surface area contributed by atoms with Crippen LogP contribution in [-0.2, 0) is 9.59 Å². The summed E-state index contributed by atoms with van der Waals surface area (Å²) in [7, 11) is 4.06. The predicted molar refractivity (Wildman–Crippen MR) is 80.2 cm³/mol. The zero-order valence-electron chi connectivity index (χ0n) is 12.5. The molecule has 21 heavy (non-hydrogen) atoms. The lowest BCUT2D eigenvalue weighted by Crippen LogP contribution is -2.19. The molecule has 6 nitrogen and oxygen atoms in total. The van der Waals surface area contributed by atoms with Gasteiger partial charge in [0.25, 0.3) is 0 Å². The summed E-state index contributed by atoms with van der Waals surface area (Å²) in [6, 6.07) is 3.81. The zero-order chi connectivity index (χ0) is 16.6. The molecule has 0 radical (unpaired) electrons. The number of carboxylic acids is 2. The molecule has 0 atom stereocenters. The van der Waals surface area contributed by atoms with Gasteiger partial charge in [0.1, 0.15) is 12.4 Å². The molecule has 0 heterocycles. The Hall–Kier alpha value is -1.79. The third-order valence-corrected chi connectivity index (χ3v) is 3.06. The normalized spacial score (nSPS) is 9.81. The first-order valence-corrected chi connectivity index (χ1v) is 6.54. The van der Waals surface area contributed by atoms with Gasteiger partial charge in [0.05, 0.1) is 0 Å². The standard InChI is InChI=1S/C12H18ClNO.C2H2O4/c1-9-10(2)12(6-5-11(9)13)15-8-7-14(3)4;3-1(4)2(5)6/h5-6H,7-8H2,1-4H3;(H,3,4)(H,5,6). The molecule has 0 fully saturated rings. The Labute approximate surface area is 128 Å². The van der Waals surface area contributed by atoms with Crippen LogP contribution in [0.1, 0.15) is 11.1 Å². The Kier molecular flexibility index (Phi) is 8.42. The van der Waals surface area contributed by atoms with Gasteiger partial charge in [0, 0.05) is 11.6 Å². The molecule has 7 heteroatoms. The Bertz CT molecular complexity index is 490. The summed E-state index contributed by atoms with van der Waals surface area (Å²) in [5, 5.41) is 15.6. The minimum atomic E-state index is -1.82. The highest BCUT2D eigenvalue weighted by molar-refractivity contribution is 6.31. The molecule has 0 aliphatic heterocycles. The SMILES string of the molecule is Cc1c(Cl)ccc(OCCN(C)C)c1C.O=C(O)C(=O)O. The van der Waals surface area contributed by atoms with Gasteiger partial charge in [-0.1, -0.05) is 11.6 Å². The van der Waals surface area contributed by atoms with Gasteiger partial charge < -0.3 is 19.8 Å². The van der Waals surface area contributed by atoms with Crippen molar-refractivity contribution < 1.29 is 24.5 Å². The van der Waals surface area contributed by atoms with E-state index in [1.165, 1.54) is 0 Å². The average Bonchev–Trinajstić information content (AvgIpc) is 2.39. The van der Waals surface area contributed by atoms with Crippen LogP contribution >= 0.6 is 11.6 Å². The number of halogens is 1. The summed E-state index contributed by atoms with van der Waals surface area (Å²) in [5.41, 5.74) is 2.22. The van der Waals surface area contributed by atoms with E-state index >= 15 is 0 Å². The van der Waals surface area contributed by atoms with Gasteiger partial charge >= 0.3 is 11.9 Å². The van der Waals surface area contributed by atoms with Crippen molar-refractivity contribution in [3.8, 4) is 5.75 Å². The Morgan fingerprint density at radius 1 is 1.14 bits per heavy atom. The van der Waals surface area contributed by atoms with E-state index < -0.39 is 11.9 Å². The Morgan fingerprint density at radius 3 is 2.10 bits per heavy atom. The van der Waals surface area contributed by atoms with Crippen LogP contribution in [0.4, 0.5) is 0 Å². The molecule has 2 N–H and O–H groups in total. The fraction of sp³-hybridized carbons (Fsp3) is 0.429. The monoisotopic (exact) mass is 317 g/mol. The van der Waals surface area contributed by atoms with Gasteiger partial charge in [-0.05, 0) is 51.2 Å². The van der Waals surface area contributed by atoms with Gasteiger partial charge in [-0.3, -0.25) is 0 Å². The first-order valence-electron chi connectivity index (χ1n) is 6.16. The number of rotatable bonds is 4. The van der Waals surface area contributed by atoms with Crippen molar-refractivity contribution in [3.05, 3.63) is 28.3 Å². The average molecular weight is 318 g/mol. The topological polar surface area (TPSA) is 87.1 Å². The highest BCUT2D eigenvalue weighted by Crippen LogP contribution is 2.26. The van der Waals surface area contributed by atoms with Crippen LogP contribution in [0.2, 0.25) is 5.02 Å². The number of ether oxygens (including phenoxy) is 1. The minimum absolute atomic E-state index is 0.703. The maximum absolute atomic E-state index is 9.10. The first kappa shape index (κ1) is 19.2. The molecule has 1 aromatic carbocycles. The van der Waals surface area contributed by atoms with Crippen molar-refractivity contribution in [1.29, 1.82) is 0 Å². The highest BCUT2D eigenvalue weighted by Gasteiger charge is 2.05. The summed E-state index contributed by atoms with van der Waals surface area (Å²) in [6.07, 6.45) is 0. The summed E-state index contributed by atoms with van der Waals surface area (Å²) < 4.78 is 5.68. The minimum Gasteiger partial charge on any atom is -0.492 e. The number of carboxylic acid groups (broad SMARTS) is 2. The van der Waals surface area contributed by atoms with Crippen molar-refractivity contribution >= 4 is 23.5 Å². The smallest absolute Gasteiger partial charge is 0.414 e. The van der Waals surface area contributed by atoms with E-state index in [0.29, 0.717) is 6.61 Å². The fourth-order valence-electron chi connectivity index (χ4n) is 1.26. The first-order chi connectivity index (χ1) is 9.66. The number of likely N-dealkylation sites (N-methyl/N-ethyl adjacent to an activating group) is 1. The van der Waals surface area contributed by atoms with Crippen molar-refractivity contribution in [2.24, 2.45) is 0 Å². The van der Waals surface area contributed by atoms with E-state index in [1.807, 2.05) is 40.1 Å². The number of aliphatic carboxylic acids is 2. The van der Waals surface area contributed by atoms with Crippen LogP contribution in [0.15, 0.2) is 12.1 Å². The lowest BCUT2D eigenvalue weighted by molar-refractivity contribution is -0.159. The molecule has 1 rings (SSSR count). The third-order valence-electron chi connectivity index (χ3n) is 2.65. The fourth-order valence-corrected chi connectivity index (χ4v) is 1.46. The molecular formula is C14H20ClNO5. The largest absolute Gasteiger partial charge is 0.492 e. The van der Waals surface area contributed by atoms with E-state index in [-0.39, 0.29) is 0 Å². The zero-order valence-corrected chi connectivity index (χ0v) is 13.3. The second kappa shape index (κ2) is 9.20. The van der Waals surface area contributed by atoms with Gasteiger partial charge in [0.15, 0.2) is 0 Å². The van der Waals surface area contributed by atoms with Crippen LogP contribution in [0.3, 0.4) is 0 Å². The van der Waals surface area contributed by atoms with Gasteiger partial charge in [-0.15, -0.1) is 0 Å². The van der Waals surface area contributed by atoms with E-state index in [9.17, 15) is 0 Å². The summed E-state index contributed by atoms with van der Waals surface area (Å²) in [4.78, 5) is 20.3. The molecule has 0 saturated heterocycles. The van der Waals surface area contributed by atoms with Gasteiger partial charge in [-0.25, -0.2) is 9.59 Å². The molecule has 0 bridgehead atoms. The molecule has 0 aliphatic carbocycles. The molecule has 0 amide bonds. The van der Waals surface area contributed by atoms with Gasteiger partial charge in [-0.2, -0.15) is 0 Å². The second-order valence-corrected chi connectivity index (χ2v) is 4.96. The van der Waals surface area contributed by atoms with E-state index in [1.54, 1.807) is 0 Å². The summed E-state index contributed by atoms with van der Waals surface area (Å²) in [5.74, 6) is -2.72. The van der Waals surface area contributed by atoms with Gasteiger partial charge in [0.2, 0.25) is 0 Å². The molecule has 1 aromatic rings. The predicted octanol–water partition coefficient (Wildman–Crippen LogP) is 2.05. The third kappa shape index (κ3) is 7.53. The second-order valence-electron chi connectivity index (χ2n) is 4.56. The molecular weight excluding hydrogens is 298 g/mol. The molecule has 0 aromatic heterocycles. The molecule has 0 aliphatic rings. The molecule has 0 saturated carbocycles. The van der Waals surface area contributed by atoms with Crippen LogP contribution < -0.4 is 4.74 Å². The number of hydrogen-bond acceptors (Lipinski definition) is 4. The number of hydrogen-bond donors (Lipinski definition) is 2. The molecule has 0 unspecified atom stereocenters. The molecule has 118 valence electrons. The van der Waals surface area contributed by atoms with E-state index in [0.717, 1.165) is 28.4 Å². The van der Waals surface area contributed by atoms with Crippen LogP contribution in [0, 0.1) is 13.8 Å². The Morgan fingerprint density at radius 2 is 1.67 bits per heavy atom. The van der Waals surface area contributed by atoms with Crippen molar-refractivity contribution in [2.45, 2.75) is 13.8 Å². The number of nitrogens with zero attached hydrogens (tertiary/aromatic N) is 1. The van der Waals surface area contributed by atoms with Crippen LogP contribution in [0.5, 0.6) is 5.75 Å². The molecule has 0 spiro atoms. The summed E-state index contributed by atoms with van der Waals surface area (Å²) in [6.45, 7) is 5.67. The van der Waals surface area contributed by atoms with Crippen molar-refractivity contribution in [1.82, 2.24) is 4.90 Å². The quantitative estimate of drug-likeness (QED) is 0.826. The number of carbonyl (C=O) groups is 2. The highest BCUT2D eigenvalue weighted by atomic mass is 35.5. The van der Waals surface area contributed by atoms with E-state index in [4.69, 9.17) is 36.1 Å². The lowest BCUT2D eigenvalue weighted by atomic mass is 10.1. The van der Waals surface area contributed by atoms with Crippen LogP contribution in [0.25, 0.3) is 0 Å². The lowest BCUT2D eigenvalue weighted by Gasteiger charge is -2.14. The maximum Gasteiger partial charge on any atom is 0.414 e. The summed E-state index contributed by atoms with van der Waals surface area (Å²) >= 11 is 6.01. The van der Waals surface area contributed by atoms with Crippen molar-refractivity contribution in [2.75, 3.05) is 27.2 Å². The Balaban J connectivity index is 0.000000567. The van der Waals surface area contributed by atoms with Crippen LogP contribution in [-0.4, -0.2) is 54.3 Å². The maximum atomic E-state index is 9.10. The van der Waals surface area contributed by atoms with E-state index in [2.05, 4.69) is 4.90 Å². The number of benzene rings is 1.